The van der Waals surface area contributed by atoms with E-state index in [4.69, 9.17) is 13.6 Å². The summed E-state index contributed by atoms with van der Waals surface area (Å²) >= 11 is 0. The molecule has 3 amide bonds. The van der Waals surface area contributed by atoms with E-state index in [-0.39, 0.29) is 69.8 Å². The standard InChI is InChI=1S/C23H31N3O6S.C18H23N3O4S/c1-7-33(29,30)17-9-8-16(24-12-17)11-25-21(27)18-10-15-13-26(22(28)32-23(4,5)6)19(14(2)3)20(15)31-18;1-4-26(23,24)14-6-5-13(19-10-14)9-21-18(22)15-7-12-8-20-16(11(2)3)17(12)25-15/h8-10,12,14,19H,7,11,13H2,1-6H3,(H,25,27);5-7,10-11,16,20H,4,8-9H2,1-3H3,(H,21,22). The lowest BCUT2D eigenvalue weighted by molar-refractivity contribution is 0.0107. The number of fused-ring (bicyclic) bond motifs is 2. The van der Waals surface area contributed by atoms with Gasteiger partial charge in [0.25, 0.3) is 11.8 Å². The molecule has 0 aliphatic carbocycles. The van der Waals surface area contributed by atoms with Crippen LogP contribution in [0.3, 0.4) is 0 Å². The second-order valence-corrected chi connectivity index (χ2v) is 20.6. The van der Waals surface area contributed by atoms with Crippen molar-refractivity contribution in [2.75, 3.05) is 11.5 Å². The summed E-state index contributed by atoms with van der Waals surface area (Å²) in [5.41, 5.74) is 2.28. The first-order valence-corrected chi connectivity index (χ1v) is 22.8. The molecule has 16 nitrogen and oxygen atoms in total. The highest BCUT2D eigenvalue weighted by Gasteiger charge is 2.41. The maximum absolute atomic E-state index is 12.7. The van der Waals surface area contributed by atoms with E-state index in [0.717, 1.165) is 16.9 Å². The molecule has 59 heavy (non-hydrogen) atoms. The lowest BCUT2D eigenvalue weighted by Gasteiger charge is -2.30. The van der Waals surface area contributed by atoms with Crippen molar-refractivity contribution in [1.29, 1.82) is 0 Å². The number of furan rings is 2. The molecule has 0 aromatic carbocycles. The summed E-state index contributed by atoms with van der Waals surface area (Å²) in [6.07, 6.45) is 2.19. The van der Waals surface area contributed by atoms with Crippen molar-refractivity contribution in [3.05, 3.63) is 94.3 Å². The van der Waals surface area contributed by atoms with Gasteiger partial charge in [-0.1, -0.05) is 41.5 Å². The highest BCUT2D eigenvalue weighted by molar-refractivity contribution is 7.91. The zero-order valence-electron chi connectivity index (χ0n) is 34.9. The van der Waals surface area contributed by atoms with E-state index >= 15 is 0 Å². The second kappa shape index (κ2) is 18.0. The minimum Gasteiger partial charge on any atom is -0.454 e. The van der Waals surface area contributed by atoms with Crippen molar-refractivity contribution >= 4 is 37.6 Å². The first-order valence-electron chi connectivity index (χ1n) is 19.5. The van der Waals surface area contributed by atoms with Gasteiger partial charge < -0.3 is 29.5 Å². The lowest BCUT2D eigenvalue weighted by Crippen LogP contribution is -2.37. The first-order chi connectivity index (χ1) is 27.6. The number of amides is 3. The quantitative estimate of drug-likeness (QED) is 0.148. The molecule has 0 fully saturated rings. The largest absolute Gasteiger partial charge is 0.454 e. The van der Waals surface area contributed by atoms with Crippen molar-refractivity contribution in [1.82, 2.24) is 30.8 Å². The summed E-state index contributed by atoms with van der Waals surface area (Å²) < 4.78 is 64.5. The van der Waals surface area contributed by atoms with Crippen LogP contribution >= 0.6 is 0 Å². The number of aromatic nitrogens is 2. The summed E-state index contributed by atoms with van der Waals surface area (Å²) in [5.74, 6) is 1.59. The summed E-state index contributed by atoms with van der Waals surface area (Å²) in [6.45, 7) is 18.1. The number of nitrogens with one attached hydrogen (secondary N) is 3. The number of hydrogen-bond donors (Lipinski definition) is 3. The van der Waals surface area contributed by atoms with Crippen molar-refractivity contribution in [2.24, 2.45) is 11.8 Å². The molecule has 0 saturated heterocycles. The fraction of sp³-hybridized carbons (Fsp3) is 0.488. The maximum Gasteiger partial charge on any atom is 0.411 e. The highest BCUT2D eigenvalue weighted by atomic mass is 32.2. The van der Waals surface area contributed by atoms with E-state index in [1.54, 1.807) is 43.0 Å². The lowest BCUT2D eigenvalue weighted by atomic mass is 10.0. The van der Waals surface area contributed by atoms with Gasteiger partial charge in [-0.05, 0) is 69.0 Å². The predicted molar refractivity (Wildman–Crippen MR) is 217 cm³/mol. The molecule has 2 atom stereocenters. The van der Waals surface area contributed by atoms with Gasteiger partial charge in [-0.15, -0.1) is 0 Å². The van der Waals surface area contributed by atoms with E-state index in [2.05, 4.69) is 39.8 Å². The van der Waals surface area contributed by atoms with Crippen LogP contribution in [-0.2, 0) is 50.6 Å². The number of sulfone groups is 2. The van der Waals surface area contributed by atoms with Crippen molar-refractivity contribution in [3.63, 3.8) is 0 Å². The van der Waals surface area contributed by atoms with Gasteiger partial charge in [0.1, 0.15) is 17.1 Å². The molecule has 2 unspecified atom stereocenters. The zero-order chi connectivity index (χ0) is 43.4. The average Bonchev–Trinajstić information content (AvgIpc) is 3.96. The number of ether oxygens (including phenoxy) is 1. The molecule has 2 aliphatic rings. The third-order valence-corrected chi connectivity index (χ3v) is 13.2. The van der Waals surface area contributed by atoms with Gasteiger partial charge in [-0.25, -0.2) is 21.6 Å². The first kappa shape index (κ1) is 45.0. The molecule has 3 N–H and O–H groups in total. The van der Waals surface area contributed by atoms with Crippen LogP contribution < -0.4 is 16.0 Å². The van der Waals surface area contributed by atoms with Crippen molar-refractivity contribution in [3.8, 4) is 0 Å². The summed E-state index contributed by atoms with van der Waals surface area (Å²) in [4.78, 5) is 47.8. The van der Waals surface area contributed by atoms with E-state index in [1.807, 2.05) is 34.6 Å². The Balaban J connectivity index is 0.000000230. The third-order valence-electron chi connectivity index (χ3n) is 9.73. The van der Waals surface area contributed by atoms with Crippen LogP contribution in [0.5, 0.6) is 0 Å². The van der Waals surface area contributed by atoms with E-state index < -0.39 is 37.3 Å². The monoisotopic (exact) mass is 854 g/mol. The third kappa shape index (κ3) is 10.8. The smallest absolute Gasteiger partial charge is 0.411 e. The Bertz CT molecular complexity index is 2360. The van der Waals surface area contributed by atoms with Gasteiger partial charge >= 0.3 is 6.09 Å². The molecule has 2 aliphatic heterocycles. The van der Waals surface area contributed by atoms with Gasteiger partial charge in [-0.2, -0.15) is 0 Å². The minimum atomic E-state index is -3.32. The topological polar surface area (TPSA) is 220 Å². The Morgan fingerprint density at radius 3 is 1.71 bits per heavy atom. The Morgan fingerprint density at radius 1 is 0.797 bits per heavy atom. The van der Waals surface area contributed by atoms with Crippen molar-refractivity contribution in [2.45, 2.75) is 116 Å². The van der Waals surface area contributed by atoms with Gasteiger partial charge in [0.15, 0.2) is 31.2 Å². The Morgan fingerprint density at radius 2 is 1.29 bits per heavy atom. The van der Waals surface area contributed by atoms with Crippen LogP contribution in [0.2, 0.25) is 0 Å². The molecule has 320 valence electrons. The zero-order valence-corrected chi connectivity index (χ0v) is 36.5. The van der Waals surface area contributed by atoms with E-state index in [0.29, 0.717) is 36.2 Å². The fourth-order valence-electron chi connectivity index (χ4n) is 6.57. The highest BCUT2D eigenvalue weighted by Crippen LogP contribution is 2.41. The Labute approximate surface area is 345 Å². The number of pyridine rings is 2. The van der Waals surface area contributed by atoms with E-state index in [1.165, 1.54) is 24.5 Å². The van der Waals surface area contributed by atoms with Crippen LogP contribution in [0.1, 0.15) is 130 Å². The van der Waals surface area contributed by atoms with Gasteiger partial charge in [-0.3, -0.25) is 24.5 Å². The molecular formula is C41H54N6O10S2. The van der Waals surface area contributed by atoms with Crippen LogP contribution in [0.4, 0.5) is 4.79 Å². The number of carbonyl (C=O) groups is 3. The summed E-state index contributed by atoms with van der Waals surface area (Å²) in [6, 6.07) is 9.37. The fourth-order valence-corrected chi connectivity index (χ4v) is 8.21. The number of rotatable bonds is 12. The average molecular weight is 855 g/mol. The number of hydrogen-bond acceptors (Lipinski definition) is 13. The molecule has 6 heterocycles. The molecule has 4 aromatic heterocycles. The summed E-state index contributed by atoms with van der Waals surface area (Å²) in [5, 5.41) is 8.85. The number of carbonyl (C=O) groups excluding carboxylic acids is 3. The molecule has 0 saturated carbocycles. The molecule has 18 heteroatoms. The van der Waals surface area contributed by atoms with Crippen LogP contribution in [0.15, 0.2) is 67.4 Å². The van der Waals surface area contributed by atoms with E-state index in [9.17, 15) is 31.2 Å². The molecular weight excluding hydrogens is 801 g/mol. The maximum atomic E-state index is 12.7. The van der Waals surface area contributed by atoms with Gasteiger partial charge in [0.05, 0.1) is 64.4 Å². The van der Waals surface area contributed by atoms with Crippen LogP contribution in [0.25, 0.3) is 0 Å². The normalized spacial score (nSPS) is 16.4. The SMILES string of the molecule is CCS(=O)(=O)c1ccc(CNC(=O)c2cc3c(o2)C(C(C)C)N(C(=O)OC(C)(C)C)C3)nc1.CCS(=O)(=O)c1ccc(CNC(=O)c2cc3c(o2)C(C(C)C)NC3)nc1. The van der Waals surface area contributed by atoms with Gasteiger partial charge in [0, 0.05) is 30.1 Å². The molecule has 0 radical (unpaired) electrons. The van der Waals surface area contributed by atoms with Gasteiger partial charge in [0.2, 0.25) is 0 Å². The van der Waals surface area contributed by atoms with Crippen LogP contribution in [0, 0.1) is 11.8 Å². The Hall–Kier alpha value is -5.07. The molecule has 6 rings (SSSR count). The molecule has 4 aromatic rings. The predicted octanol–water partition coefficient (Wildman–Crippen LogP) is 6.04. The van der Waals surface area contributed by atoms with Crippen LogP contribution in [-0.4, -0.2) is 66.7 Å². The Kier molecular flexibility index (Phi) is 13.8. The summed E-state index contributed by atoms with van der Waals surface area (Å²) in [7, 11) is -6.59. The second-order valence-electron chi connectivity index (χ2n) is 16.0. The van der Waals surface area contributed by atoms with Crippen molar-refractivity contribution < 1.29 is 44.8 Å². The number of nitrogens with zero attached hydrogens (tertiary/aromatic N) is 3. The molecule has 0 spiro atoms. The minimum absolute atomic E-state index is 0.00332. The molecule has 0 bridgehead atoms.